The van der Waals surface area contributed by atoms with Crippen LogP contribution in [-0.2, 0) is 47.8 Å². The van der Waals surface area contributed by atoms with E-state index in [1.165, 1.54) is 0 Å². The van der Waals surface area contributed by atoms with Gasteiger partial charge in [-0.3, -0.25) is 0 Å². The first-order chi connectivity index (χ1) is 8.99. The summed E-state index contributed by atoms with van der Waals surface area (Å²) in [5.41, 5.74) is 0. The number of ether oxygens (including phenoxy) is 2. The minimum atomic E-state index is -1.57. The molecule has 0 spiro atoms. The molecule has 0 amide bonds. The molecule has 6 nitrogen and oxygen atoms in total. The molecule has 0 saturated heterocycles. The number of carbonyl (C=O) groups excluding carboxylic acids is 4. The van der Waals surface area contributed by atoms with Gasteiger partial charge in [0.15, 0.2) is 0 Å². The van der Waals surface area contributed by atoms with Crippen LogP contribution in [0.5, 0.6) is 0 Å². The van der Waals surface area contributed by atoms with E-state index in [1.54, 1.807) is 13.8 Å². The average molecular weight is 306 g/mol. The van der Waals surface area contributed by atoms with Gasteiger partial charge in [-0.15, -0.1) is 0 Å². The Kier molecular flexibility index (Phi) is 10.8. The zero-order valence-corrected chi connectivity index (χ0v) is 12.8. The maximum atomic E-state index is 11.4. The first kappa shape index (κ1) is 18.3. The molecule has 106 valence electrons. The van der Waals surface area contributed by atoms with Gasteiger partial charge in [-0.2, -0.15) is 0 Å². The summed E-state index contributed by atoms with van der Waals surface area (Å²) in [6.07, 6.45) is -0.545. The van der Waals surface area contributed by atoms with Crippen LogP contribution < -0.4 is 0 Å². The second-order valence-corrected chi connectivity index (χ2v) is 5.81. The van der Waals surface area contributed by atoms with Gasteiger partial charge in [0.05, 0.1) is 0 Å². The summed E-state index contributed by atoms with van der Waals surface area (Å²) < 4.78 is 9.01. The molecule has 19 heavy (non-hydrogen) atoms. The van der Waals surface area contributed by atoms with Crippen LogP contribution in [0.3, 0.4) is 0 Å². The number of ketones is 2. The van der Waals surface area contributed by atoms with Gasteiger partial charge in [-0.1, -0.05) is 0 Å². The average Bonchev–Trinajstić information content (AvgIpc) is 2.33. The Morgan fingerprint density at radius 2 is 1.16 bits per heavy atom. The summed E-state index contributed by atoms with van der Waals surface area (Å²) in [6.45, 7) is 4.09. The second-order valence-electron chi connectivity index (χ2n) is 3.68. The molecule has 0 aromatic rings. The predicted octanol–water partition coefficient (Wildman–Crippen LogP) is 0.114. The van der Waals surface area contributed by atoms with E-state index in [1.807, 2.05) is 0 Å². The van der Waals surface area contributed by atoms with Crippen LogP contribution >= 0.6 is 0 Å². The standard InChI is InChI=1S/2C6H9O3.Ti/c2*1-2-9-5-6(8)3-4-7;/h2*2-3,5H2,1H3;. The SMILES string of the molecule is CCOCC(=O)C[C](=O)[Ti][C](=O)CC(=O)COCC. The van der Waals surface area contributed by atoms with E-state index in [-0.39, 0.29) is 45.8 Å². The first-order valence-corrected chi connectivity index (χ1v) is 7.57. The van der Waals surface area contributed by atoms with Crippen LogP contribution in [0.2, 0.25) is 0 Å². The fourth-order valence-corrected chi connectivity index (χ4v) is 2.51. The van der Waals surface area contributed by atoms with E-state index in [0.717, 1.165) is 0 Å². The molecule has 7 heteroatoms. The fraction of sp³-hybridized carbons (Fsp3) is 0.667. The van der Waals surface area contributed by atoms with E-state index in [0.29, 0.717) is 13.2 Å². The van der Waals surface area contributed by atoms with Crippen molar-refractivity contribution in [2.75, 3.05) is 26.4 Å². The molecule has 0 atom stereocenters. The summed E-state index contributed by atoms with van der Waals surface area (Å²) >= 11 is -1.57. The van der Waals surface area contributed by atoms with Crippen molar-refractivity contribution in [2.24, 2.45) is 0 Å². The Labute approximate surface area is 121 Å². The molecule has 0 heterocycles. The van der Waals surface area contributed by atoms with Crippen molar-refractivity contribution < 1.29 is 47.8 Å². The summed E-state index contributed by atoms with van der Waals surface area (Å²) in [5, 5.41) is 0. The number of Topliss-reactive ketones (excluding diaryl/α,β-unsaturated/α-hetero) is 2. The van der Waals surface area contributed by atoms with E-state index >= 15 is 0 Å². The van der Waals surface area contributed by atoms with Crippen LogP contribution in [0.25, 0.3) is 0 Å². The van der Waals surface area contributed by atoms with Gasteiger partial charge in [-0.25, -0.2) is 0 Å². The molecule has 0 unspecified atom stereocenters. The summed E-state index contributed by atoms with van der Waals surface area (Å²) in [7, 11) is 0. The Bertz CT molecular complexity index is 307. The number of hydrogen-bond donors (Lipinski definition) is 0. The van der Waals surface area contributed by atoms with Crippen LogP contribution in [0, 0.1) is 0 Å². The topological polar surface area (TPSA) is 86.7 Å². The van der Waals surface area contributed by atoms with Crippen molar-refractivity contribution in [3.8, 4) is 0 Å². The predicted molar refractivity (Wildman–Crippen MR) is 62.2 cm³/mol. The minimum absolute atomic E-state index is 0.105. The van der Waals surface area contributed by atoms with E-state index < -0.39 is 19.2 Å². The van der Waals surface area contributed by atoms with Gasteiger partial charge in [0, 0.05) is 0 Å². The van der Waals surface area contributed by atoms with Gasteiger partial charge in [0.2, 0.25) is 0 Å². The molecule has 0 fully saturated rings. The number of hydrogen-bond acceptors (Lipinski definition) is 6. The second kappa shape index (κ2) is 11.2. The van der Waals surface area contributed by atoms with Crippen molar-refractivity contribution in [1.82, 2.24) is 0 Å². The van der Waals surface area contributed by atoms with Crippen molar-refractivity contribution in [3.63, 3.8) is 0 Å². The summed E-state index contributed by atoms with van der Waals surface area (Å²) in [6, 6.07) is 0. The molecule has 0 bridgehead atoms. The third-order valence-corrected chi connectivity index (χ3v) is 3.35. The van der Waals surface area contributed by atoms with Gasteiger partial charge >= 0.3 is 121 Å². The molecule has 0 aliphatic rings. The maximum absolute atomic E-state index is 11.4. The Balaban J connectivity index is 3.89. The molecular weight excluding hydrogens is 288 g/mol. The molecule has 0 saturated carbocycles. The fourth-order valence-electron chi connectivity index (χ4n) is 1.14. The molecular formula is C12H18O6Ti. The third kappa shape index (κ3) is 10.9. The van der Waals surface area contributed by atoms with Crippen LogP contribution in [0.15, 0.2) is 0 Å². The van der Waals surface area contributed by atoms with Crippen LogP contribution in [0.4, 0.5) is 0 Å². The zero-order chi connectivity index (χ0) is 14.7. The van der Waals surface area contributed by atoms with Crippen LogP contribution in [-0.4, -0.2) is 46.2 Å². The van der Waals surface area contributed by atoms with E-state index in [2.05, 4.69) is 0 Å². The van der Waals surface area contributed by atoms with Gasteiger partial charge in [-0.05, 0) is 0 Å². The Hall–Kier alpha value is -0.686. The third-order valence-electron chi connectivity index (χ3n) is 1.93. The quantitative estimate of drug-likeness (QED) is 0.376. The van der Waals surface area contributed by atoms with Gasteiger partial charge < -0.3 is 0 Å². The van der Waals surface area contributed by atoms with Crippen molar-refractivity contribution in [3.05, 3.63) is 0 Å². The van der Waals surface area contributed by atoms with Crippen LogP contribution in [0.1, 0.15) is 26.7 Å². The normalized spacial score (nSPS) is 10.0. The Morgan fingerprint density at radius 3 is 1.47 bits per heavy atom. The van der Waals surface area contributed by atoms with Crippen molar-refractivity contribution in [1.29, 1.82) is 0 Å². The summed E-state index contributed by atoms with van der Waals surface area (Å²) in [5.74, 6) is -0.659. The summed E-state index contributed by atoms with van der Waals surface area (Å²) in [4.78, 5) is 45.3. The Morgan fingerprint density at radius 1 is 0.789 bits per heavy atom. The number of rotatable bonds is 12. The monoisotopic (exact) mass is 306 g/mol. The molecule has 0 radical (unpaired) electrons. The van der Waals surface area contributed by atoms with Crippen molar-refractivity contribution in [2.45, 2.75) is 26.7 Å². The number of carbonyl (C=O) groups is 4. The molecule has 0 aromatic carbocycles. The molecule has 0 aliphatic carbocycles. The molecule has 0 rings (SSSR count). The molecule has 0 N–H and O–H groups in total. The van der Waals surface area contributed by atoms with Gasteiger partial charge in [0.25, 0.3) is 0 Å². The van der Waals surface area contributed by atoms with Gasteiger partial charge in [0.1, 0.15) is 0 Å². The van der Waals surface area contributed by atoms with E-state index in [4.69, 9.17) is 9.47 Å². The van der Waals surface area contributed by atoms with E-state index in [9.17, 15) is 19.2 Å². The first-order valence-electron chi connectivity index (χ1n) is 6.01. The zero-order valence-electron chi connectivity index (χ0n) is 11.2. The van der Waals surface area contributed by atoms with Crippen molar-refractivity contribution >= 4 is 19.7 Å². The molecule has 0 aromatic heterocycles. The molecule has 0 aliphatic heterocycles.